The molecule has 370 valence electrons. The summed E-state index contributed by atoms with van der Waals surface area (Å²) in [7, 11) is -3.44. The molecular formula is C53H60F2N7O6S2-. The predicted molar refractivity (Wildman–Crippen MR) is 272 cm³/mol. The van der Waals surface area contributed by atoms with Crippen molar-refractivity contribution in [3.05, 3.63) is 112 Å². The van der Waals surface area contributed by atoms with E-state index < -0.39 is 39.1 Å². The number of fused-ring (bicyclic) bond motifs is 2. The van der Waals surface area contributed by atoms with Gasteiger partial charge in [0.15, 0.2) is 5.75 Å². The van der Waals surface area contributed by atoms with E-state index in [1.165, 1.54) is 55.1 Å². The van der Waals surface area contributed by atoms with Crippen LogP contribution in [0.5, 0.6) is 11.5 Å². The molecule has 4 heterocycles. The van der Waals surface area contributed by atoms with Gasteiger partial charge in [0.25, 0.3) is 21.9 Å². The number of hydroxylamine groups is 1. The summed E-state index contributed by atoms with van der Waals surface area (Å²) in [5, 5.41) is 27.4. The van der Waals surface area contributed by atoms with Gasteiger partial charge in [-0.25, -0.2) is 27.5 Å². The monoisotopic (exact) mass is 992 g/mol. The molecule has 2 saturated carbocycles. The molecule has 0 bridgehead atoms. The number of halogens is 2. The molecule has 5 aliphatic rings. The van der Waals surface area contributed by atoms with Crippen molar-refractivity contribution >= 4 is 65.9 Å². The highest BCUT2D eigenvalue weighted by atomic mass is 32.2. The van der Waals surface area contributed by atoms with Crippen LogP contribution in [-0.2, 0) is 10.0 Å². The highest BCUT2D eigenvalue weighted by Gasteiger charge is 2.49. The van der Waals surface area contributed by atoms with Crippen LogP contribution >= 0.6 is 11.3 Å². The van der Waals surface area contributed by atoms with E-state index in [4.69, 9.17) is 4.74 Å². The van der Waals surface area contributed by atoms with Gasteiger partial charge in [-0.2, -0.15) is 4.39 Å². The van der Waals surface area contributed by atoms with Crippen LogP contribution in [0.2, 0.25) is 0 Å². The standard InChI is InChI=1S/C53H60F2N7O6S2/c1-31(2)35-9-6-7-10-36(35)37-11-8-12-41(37)62-28-53(29-62)19-21-61(22-20-53)34-13-14-38(43(24-34)68-44-25-39-40(54)23-32(3)46(39)58-50(44)55)51(63)59-70(66,67)45-26-42(60(5)65)47(48-49(45)69-30-57-48)56-27-33-15-17-52(4,64)18-16-33/h6-7,9-10,13-14,23-26,30-31,33,37,41,56,64H,3,8,11-12,15-22,27-29H2,1-2,4-5H3,(H,59,63)/q-1/t33?,37-,41-,52?/m0/s1. The van der Waals surface area contributed by atoms with Crippen LogP contribution in [0.25, 0.3) is 21.6 Å². The number of ether oxygens (including phenoxy) is 1. The summed E-state index contributed by atoms with van der Waals surface area (Å²) in [5.41, 5.74) is 5.19. The SMILES string of the molecule is C=C1C=C(F)c2cc(Oc3cc(N4CCC5(CC4)CN([C@H]4CCC[C@H]4c4ccccc4C(C)C)C5)ccc3C(=O)NS(=O)(=O)c3cc(N(C)[O-])c(NCC4CCC(C)(O)CC4)c4ncsc34)c(F)nc21. The lowest BCUT2D eigenvalue weighted by Gasteiger charge is -2.57. The number of hydrogen-bond donors (Lipinski definition) is 3. The van der Waals surface area contributed by atoms with E-state index in [1.54, 1.807) is 12.1 Å². The second kappa shape index (κ2) is 18.6. The number of piperidine rings is 1. The maximum Gasteiger partial charge on any atom is 0.268 e. The third kappa shape index (κ3) is 9.19. The molecule has 10 rings (SSSR count). The van der Waals surface area contributed by atoms with Gasteiger partial charge in [0.2, 0.25) is 0 Å². The number of likely N-dealkylation sites (tertiary alicyclic amines) is 1. The summed E-state index contributed by atoms with van der Waals surface area (Å²) in [5.74, 6) is -2.22. The molecule has 3 N–H and O–H groups in total. The maximum atomic E-state index is 15.7. The minimum atomic E-state index is -4.69. The van der Waals surface area contributed by atoms with Gasteiger partial charge in [-0.05, 0) is 136 Å². The average Bonchev–Trinajstić information content (AvgIpc) is 4.07. The zero-order valence-electron chi connectivity index (χ0n) is 40.1. The van der Waals surface area contributed by atoms with Crippen molar-refractivity contribution in [3.63, 3.8) is 0 Å². The molecule has 2 atom stereocenters. The van der Waals surface area contributed by atoms with Crippen LogP contribution in [-0.4, -0.2) is 85.7 Å². The number of sulfonamides is 1. The number of aliphatic hydroxyl groups is 1. The molecule has 2 aliphatic heterocycles. The number of benzene rings is 3. The fourth-order valence-electron chi connectivity index (χ4n) is 11.7. The number of carbonyl (C=O) groups excluding carboxylic acids is 1. The number of carbonyl (C=O) groups is 1. The van der Waals surface area contributed by atoms with E-state index in [0.717, 1.165) is 75.3 Å². The van der Waals surface area contributed by atoms with Gasteiger partial charge in [-0.1, -0.05) is 51.1 Å². The topological polar surface area (TPSA) is 163 Å². The van der Waals surface area contributed by atoms with E-state index in [1.807, 2.05) is 6.92 Å². The van der Waals surface area contributed by atoms with Gasteiger partial charge < -0.3 is 30.3 Å². The van der Waals surface area contributed by atoms with Crippen LogP contribution in [0.1, 0.15) is 123 Å². The molecule has 0 unspecified atom stereocenters. The molecule has 5 aromatic rings. The highest BCUT2D eigenvalue weighted by Crippen LogP contribution is 2.49. The van der Waals surface area contributed by atoms with Crippen molar-refractivity contribution in [1.82, 2.24) is 19.6 Å². The van der Waals surface area contributed by atoms with Crippen LogP contribution in [0.3, 0.4) is 0 Å². The first-order valence-corrected chi connectivity index (χ1v) is 26.8. The van der Waals surface area contributed by atoms with Gasteiger partial charge in [0.1, 0.15) is 22.0 Å². The lowest BCUT2D eigenvalue weighted by Crippen LogP contribution is -2.63. The van der Waals surface area contributed by atoms with E-state index >= 15 is 4.39 Å². The Morgan fingerprint density at radius 1 is 1.04 bits per heavy atom. The normalized spacial score (nSPS) is 23.4. The van der Waals surface area contributed by atoms with Gasteiger partial charge in [0, 0.05) is 56.1 Å². The van der Waals surface area contributed by atoms with Crippen LogP contribution in [0.4, 0.5) is 25.8 Å². The fourth-order valence-corrected chi connectivity index (χ4v) is 13.9. The summed E-state index contributed by atoms with van der Waals surface area (Å²) >= 11 is 1.05. The summed E-state index contributed by atoms with van der Waals surface area (Å²) in [6.07, 6.45) is 9.52. The van der Waals surface area contributed by atoms with E-state index in [0.29, 0.717) is 53.7 Å². The smallest absolute Gasteiger partial charge is 0.268 e. The van der Waals surface area contributed by atoms with Crippen molar-refractivity contribution in [2.75, 3.05) is 55.1 Å². The Hall–Kier alpha value is -5.46. The van der Waals surface area contributed by atoms with Gasteiger partial charge in [0.05, 0.1) is 38.4 Å². The first kappa shape index (κ1) is 48.2. The van der Waals surface area contributed by atoms with Crippen LogP contribution in [0.15, 0.2) is 77.7 Å². The van der Waals surface area contributed by atoms with E-state index in [9.17, 15) is 27.9 Å². The summed E-state index contributed by atoms with van der Waals surface area (Å²) < 4.78 is 67.9. The summed E-state index contributed by atoms with van der Waals surface area (Å²) in [4.78, 5) is 27.3. The van der Waals surface area contributed by atoms with Crippen molar-refractivity contribution < 1.29 is 31.8 Å². The molecule has 17 heteroatoms. The number of nitrogens with zero attached hydrogens (tertiary/aromatic N) is 5. The summed E-state index contributed by atoms with van der Waals surface area (Å²) in [6, 6.07) is 16.6. The number of anilines is 3. The van der Waals surface area contributed by atoms with Crippen molar-refractivity contribution in [3.8, 4) is 11.5 Å². The lowest BCUT2D eigenvalue weighted by atomic mass is 9.70. The Labute approximate surface area is 412 Å². The number of thiazole rings is 1. The Bertz CT molecular complexity index is 3000. The largest absolute Gasteiger partial charge is 0.758 e. The molecule has 0 radical (unpaired) electrons. The maximum absolute atomic E-state index is 15.7. The second-order valence-electron chi connectivity index (χ2n) is 20.8. The number of allylic oxidation sites excluding steroid dienone is 2. The average molecular weight is 993 g/mol. The van der Waals surface area contributed by atoms with Gasteiger partial charge >= 0.3 is 0 Å². The van der Waals surface area contributed by atoms with Crippen molar-refractivity contribution in [2.24, 2.45) is 11.3 Å². The molecule has 2 aromatic heterocycles. The quantitative estimate of drug-likeness (QED) is 0.0757. The van der Waals surface area contributed by atoms with Gasteiger partial charge in [-0.15, -0.1) is 11.3 Å². The lowest BCUT2D eigenvalue weighted by molar-refractivity contribution is -0.0493. The Morgan fingerprint density at radius 2 is 1.79 bits per heavy atom. The molecule has 2 saturated heterocycles. The Balaban J connectivity index is 0.893. The fraction of sp³-hybridized carbons (Fsp3) is 0.453. The third-order valence-corrected chi connectivity index (χ3v) is 18.0. The number of nitrogens with one attached hydrogen (secondary N) is 2. The van der Waals surface area contributed by atoms with Crippen LogP contribution in [0, 0.1) is 22.5 Å². The molecule has 13 nitrogen and oxygen atoms in total. The second-order valence-corrected chi connectivity index (χ2v) is 23.3. The van der Waals surface area contributed by atoms with Gasteiger partial charge in [-0.3, -0.25) is 9.69 Å². The minimum Gasteiger partial charge on any atom is -0.758 e. The first-order valence-electron chi connectivity index (χ1n) is 24.4. The predicted octanol–water partition coefficient (Wildman–Crippen LogP) is 10.7. The van der Waals surface area contributed by atoms with Crippen molar-refractivity contribution in [1.29, 1.82) is 0 Å². The number of pyridine rings is 1. The Kier molecular flexibility index (Phi) is 12.8. The zero-order valence-corrected chi connectivity index (χ0v) is 41.7. The third-order valence-electron chi connectivity index (χ3n) is 15.6. The van der Waals surface area contributed by atoms with Crippen molar-refractivity contribution in [2.45, 2.75) is 107 Å². The molecule has 1 amide bonds. The minimum absolute atomic E-state index is 0.0130. The number of aromatic nitrogens is 2. The molecule has 3 aromatic carbocycles. The molecule has 3 aliphatic carbocycles. The van der Waals surface area contributed by atoms with E-state index in [-0.39, 0.29) is 60.3 Å². The number of hydrogen-bond acceptors (Lipinski definition) is 13. The summed E-state index contributed by atoms with van der Waals surface area (Å²) in [6.45, 7) is 14.1. The van der Waals surface area contributed by atoms with E-state index in [2.05, 4.69) is 74.5 Å². The van der Waals surface area contributed by atoms with Crippen LogP contribution < -0.4 is 24.7 Å². The highest BCUT2D eigenvalue weighted by molar-refractivity contribution is 7.90. The zero-order chi connectivity index (χ0) is 49.3. The first-order chi connectivity index (χ1) is 33.4. The Morgan fingerprint density at radius 3 is 2.51 bits per heavy atom. The molecule has 4 fully saturated rings. The number of rotatable bonds is 13. The number of amides is 1. The molecule has 1 spiro atoms. The molecular weight excluding hydrogens is 933 g/mol. The molecule has 70 heavy (non-hydrogen) atoms.